The smallest absolute Gasteiger partial charge is 0.123 e. The summed E-state index contributed by atoms with van der Waals surface area (Å²) in [5, 5.41) is 19.5. The number of rotatable bonds is 3. The van der Waals surface area contributed by atoms with Crippen molar-refractivity contribution in [2.75, 3.05) is 0 Å². The minimum absolute atomic E-state index is 0.394. The van der Waals surface area contributed by atoms with Crippen LogP contribution in [0.2, 0.25) is 0 Å². The summed E-state index contributed by atoms with van der Waals surface area (Å²) in [5.74, 6) is 5.84. The molecule has 0 bridgehead atoms. The van der Waals surface area contributed by atoms with Gasteiger partial charge in [-0.3, -0.25) is 0 Å². The summed E-state index contributed by atoms with van der Waals surface area (Å²) < 4.78 is 0. The highest BCUT2D eigenvalue weighted by molar-refractivity contribution is 5.19. The molecule has 14 heavy (non-hydrogen) atoms. The maximum atomic E-state index is 9.86. The van der Waals surface area contributed by atoms with Crippen LogP contribution >= 0.6 is 0 Å². The van der Waals surface area contributed by atoms with E-state index >= 15 is 0 Å². The molecule has 2 heteroatoms. The predicted octanol–water partition coefficient (Wildman–Crippen LogP) is 1.95. The summed E-state index contributed by atoms with van der Waals surface area (Å²) in [6, 6.07) is 0. The molecule has 0 aliphatic rings. The fourth-order valence-corrected chi connectivity index (χ4v) is 1.20. The molecule has 0 fully saturated rings. The minimum atomic E-state index is -0.993. The topological polar surface area (TPSA) is 40.5 Å². The van der Waals surface area contributed by atoms with E-state index in [4.69, 9.17) is 0 Å². The lowest BCUT2D eigenvalue weighted by Gasteiger charge is -2.20. The van der Waals surface area contributed by atoms with Gasteiger partial charge in [0.25, 0.3) is 0 Å². The third-order valence-corrected chi connectivity index (χ3v) is 2.10. The fourth-order valence-electron chi connectivity index (χ4n) is 1.20. The molecule has 0 saturated carbocycles. The van der Waals surface area contributed by atoms with Crippen molar-refractivity contribution in [3.8, 4) is 11.8 Å². The van der Waals surface area contributed by atoms with Crippen LogP contribution in [0.5, 0.6) is 0 Å². The average molecular weight is 198 g/mol. The monoisotopic (exact) mass is 198 g/mol. The Morgan fingerprint density at radius 1 is 1.07 bits per heavy atom. The molecular weight excluding hydrogens is 176 g/mol. The first-order valence-corrected chi connectivity index (χ1v) is 5.17. The van der Waals surface area contributed by atoms with Crippen LogP contribution in [0.3, 0.4) is 0 Å². The molecule has 0 spiro atoms. The second kappa shape index (κ2) is 4.82. The predicted molar refractivity (Wildman–Crippen MR) is 58.8 cm³/mol. The van der Waals surface area contributed by atoms with Crippen molar-refractivity contribution in [2.45, 2.75) is 58.7 Å². The SMILES string of the molecule is CCC(C)(O)C#CC(C)(O)CC(C)C. The lowest BCUT2D eigenvalue weighted by atomic mass is 9.93. The first kappa shape index (κ1) is 13.5. The average Bonchev–Trinajstić information content (AvgIpc) is 1.99. The molecule has 0 saturated heterocycles. The van der Waals surface area contributed by atoms with Crippen molar-refractivity contribution in [2.24, 2.45) is 5.92 Å². The quantitative estimate of drug-likeness (QED) is 0.680. The molecule has 82 valence electrons. The van der Waals surface area contributed by atoms with Gasteiger partial charge >= 0.3 is 0 Å². The van der Waals surface area contributed by atoms with Gasteiger partial charge in [0.15, 0.2) is 0 Å². The van der Waals surface area contributed by atoms with Gasteiger partial charge in [0.2, 0.25) is 0 Å². The fraction of sp³-hybridized carbons (Fsp3) is 0.833. The molecule has 0 radical (unpaired) electrons. The summed E-state index contributed by atoms with van der Waals surface area (Å²) in [4.78, 5) is 0. The Morgan fingerprint density at radius 3 is 1.86 bits per heavy atom. The second-order valence-corrected chi connectivity index (χ2v) is 4.75. The van der Waals surface area contributed by atoms with Crippen LogP contribution in [0.25, 0.3) is 0 Å². The summed E-state index contributed by atoms with van der Waals surface area (Å²) >= 11 is 0. The van der Waals surface area contributed by atoms with Gasteiger partial charge < -0.3 is 10.2 Å². The van der Waals surface area contributed by atoms with E-state index in [9.17, 15) is 10.2 Å². The van der Waals surface area contributed by atoms with E-state index in [-0.39, 0.29) is 0 Å². The molecular formula is C12H22O2. The third-order valence-electron chi connectivity index (χ3n) is 2.10. The molecule has 0 amide bonds. The lowest BCUT2D eigenvalue weighted by molar-refractivity contribution is 0.0922. The summed E-state index contributed by atoms with van der Waals surface area (Å²) in [6.07, 6.45) is 1.19. The van der Waals surface area contributed by atoms with E-state index in [2.05, 4.69) is 11.8 Å². The van der Waals surface area contributed by atoms with Crippen LogP contribution < -0.4 is 0 Å². The molecule has 0 heterocycles. The molecule has 2 atom stereocenters. The second-order valence-electron chi connectivity index (χ2n) is 4.75. The Morgan fingerprint density at radius 2 is 1.50 bits per heavy atom. The molecule has 2 N–H and O–H groups in total. The minimum Gasteiger partial charge on any atom is -0.378 e. The Balaban J connectivity index is 4.47. The number of hydrogen-bond acceptors (Lipinski definition) is 2. The zero-order valence-corrected chi connectivity index (χ0v) is 9.89. The Hall–Kier alpha value is -0.520. The number of aliphatic hydroxyl groups is 2. The van der Waals surface area contributed by atoms with Crippen molar-refractivity contribution in [3.05, 3.63) is 0 Å². The molecule has 0 aliphatic carbocycles. The zero-order chi connectivity index (χ0) is 11.4. The summed E-state index contributed by atoms with van der Waals surface area (Å²) in [7, 11) is 0. The summed E-state index contributed by atoms with van der Waals surface area (Å²) in [5.41, 5.74) is -1.98. The molecule has 0 aromatic heterocycles. The van der Waals surface area contributed by atoms with Crippen LogP contribution in [0.1, 0.15) is 47.5 Å². The van der Waals surface area contributed by atoms with Crippen LogP contribution in [0, 0.1) is 17.8 Å². The Labute approximate surface area is 87.3 Å². The summed E-state index contributed by atoms with van der Waals surface area (Å²) in [6.45, 7) is 9.28. The van der Waals surface area contributed by atoms with Crippen LogP contribution in [0.4, 0.5) is 0 Å². The highest BCUT2D eigenvalue weighted by atomic mass is 16.3. The van der Waals surface area contributed by atoms with Gasteiger partial charge in [-0.15, -0.1) is 0 Å². The molecule has 0 aliphatic heterocycles. The first-order chi connectivity index (χ1) is 6.18. The zero-order valence-electron chi connectivity index (χ0n) is 9.89. The van der Waals surface area contributed by atoms with Crippen LogP contribution in [-0.4, -0.2) is 21.4 Å². The molecule has 0 aromatic carbocycles. The van der Waals surface area contributed by atoms with Crippen molar-refractivity contribution >= 4 is 0 Å². The van der Waals surface area contributed by atoms with E-state index in [1.807, 2.05) is 20.8 Å². The van der Waals surface area contributed by atoms with Crippen molar-refractivity contribution < 1.29 is 10.2 Å². The highest BCUT2D eigenvalue weighted by Crippen LogP contribution is 2.16. The van der Waals surface area contributed by atoms with Crippen molar-refractivity contribution in [1.82, 2.24) is 0 Å². The van der Waals surface area contributed by atoms with Gasteiger partial charge in [-0.25, -0.2) is 0 Å². The maximum Gasteiger partial charge on any atom is 0.123 e. The van der Waals surface area contributed by atoms with E-state index in [1.54, 1.807) is 13.8 Å². The van der Waals surface area contributed by atoms with E-state index in [0.717, 1.165) is 0 Å². The Bertz CT molecular complexity index is 228. The molecule has 0 rings (SSSR count). The van der Waals surface area contributed by atoms with E-state index < -0.39 is 11.2 Å². The van der Waals surface area contributed by atoms with Gasteiger partial charge in [-0.2, -0.15) is 0 Å². The maximum absolute atomic E-state index is 9.86. The van der Waals surface area contributed by atoms with Crippen LogP contribution in [-0.2, 0) is 0 Å². The molecule has 2 unspecified atom stereocenters. The van der Waals surface area contributed by atoms with Crippen molar-refractivity contribution in [3.63, 3.8) is 0 Å². The van der Waals surface area contributed by atoms with Gasteiger partial charge in [0.05, 0.1) is 0 Å². The van der Waals surface area contributed by atoms with Gasteiger partial charge in [0, 0.05) is 0 Å². The molecule has 0 aromatic rings. The Kier molecular flexibility index (Phi) is 4.64. The van der Waals surface area contributed by atoms with Crippen LogP contribution in [0.15, 0.2) is 0 Å². The van der Waals surface area contributed by atoms with E-state index in [0.29, 0.717) is 18.8 Å². The normalized spacial score (nSPS) is 19.4. The lowest BCUT2D eigenvalue weighted by Crippen LogP contribution is -2.27. The standard InChI is InChI=1S/C12H22O2/c1-6-11(4,13)7-8-12(5,14)9-10(2)3/h10,13-14H,6,9H2,1-5H3. The highest BCUT2D eigenvalue weighted by Gasteiger charge is 2.20. The third kappa shape index (κ3) is 6.01. The number of hydrogen-bond donors (Lipinski definition) is 2. The largest absolute Gasteiger partial charge is 0.378 e. The first-order valence-electron chi connectivity index (χ1n) is 5.17. The van der Waals surface area contributed by atoms with Crippen molar-refractivity contribution in [1.29, 1.82) is 0 Å². The van der Waals surface area contributed by atoms with Gasteiger partial charge in [0.1, 0.15) is 11.2 Å². The molecule has 2 nitrogen and oxygen atoms in total. The van der Waals surface area contributed by atoms with Gasteiger partial charge in [-0.1, -0.05) is 32.6 Å². The van der Waals surface area contributed by atoms with Gasteiger partial charge in [-0.05, 0) is 32.6 Å². The van der Waals surface area contributed by atoms with E-state index in [1.165, 1.54) is 0 Å².